The number of aromatic nitrogens is 1. The maximum Gasteiger partial charge on any atom is 0.122 e. The Balaban J connectivity index is 2.76. The van der Waals surface area contributed by atoms with E-state index in [1.807, 2.05) is 12.3 Å². The van der Waals surface area contributed by atoms with Gasteiger partial charge in [0.2, 0.25) is 0 Å². The van der Waals surface area contributed by atoms with Crippen LogP contribution in [0.2, 0.25) is 0 Å². The first-order chi connectivity index (χ1) is 9.40. The molecule has 0 spiro atoms. The summed E-state index contributed by atoms with van der Waals surface area (Å²) in [6, 6.07) is 3.98. The van der Waals surface area contributed by atoms with Crippen LogP contribution in [0, 0.1) is 11.8 Å². The molecule has 4 heteroatoms. The van der Waals surface area contributed by atoms with Gasteiger partial charge in [0.25, 0.3) is 0 Å². The molecule has 1 rings (SSSR count). The van der Waals surface area contributed by atoms with E-state index in [1.54, 1.807) is 0 Å². The Morgan fingerprint density at radius 3 is 2.05 bits per heavy atom. The normalized spacial score (nSPS) is 11.1. The van der Waals surface area contributed by atoms with Crippen LogP contribution in [-0.4, -0.2) is 23.1 Å². The van der Waals surface area contributed by atoms with E-state index in [-0.39, 0.29) is 0 Å². The zero-order valence-electron chi connectivity index (χ0n) is 13.1. The molecule has 0 aliphatic carbocycles. The van der Waals surface area contributed by atoms with Crippen LogP contribution in [0.4, 0.5) is 5.69 Å². The highest BCUT2D eigenvalue weighted by molar-refractivity contribution is 7.80. The average molecular weight is 293 g/mol. The van der Waals surface area contributed by atoms with Crippen LogP contribution in [0.3, 0.4) is 0 Å². The zero-order chi connectivity index (χ0) is 15.1. The SMILES string of the molecule is CC(C)CCN(CCC(C)C)c1ccc(C(N)=S)nc1. The van der Waals surface area contributed by atoms with Crippen LogP contribution in [0.15, 0.2) is 18.3 Å². The van der Waals surface area contributed by atoms with E-state index in [0.29, 0.717) is 22.5 Å². The van der Waals surface area contributed by atoms with Gasteiger partial charge in [0.15, 0.2) is 0 Å². The second-order valence-corrected chi connectivity index (χ2v) is 6.56. The molecular weight excluding hydrogens is 266 g/mol. The van der Waals surface area contributed by atoms with Crippen LogP contribution in [0.1, 0.15) is 46.2 Å². The fourth-order valence-electron chi connectivity index (χ4n) is 1.92. The molecule has 112 valence electrons. The minimum Gasteiger partial charge on any atom is -0.388 e. The number of anilines is 1. The summed E-state index contributed by atoms with van der Waals surface area (Å²) in [5, 5.41) is 0. The van der Waals surface area contributed by atoms with E-state index in [2.05, 4.69) is 43.6 Å². The first-order valence-electron chi connectivity index (χ1n) is 7.41. The molecule has 1 aromatic rings. The van der Waals surface area contributed by atoms with Crippen molar-refractivity contribution < 1.29 is 0 Å². The third-order valence-corrected chi connectivity index (χ3v) is 3.53. The third kappa shape index (κ3) is 5.87. The summed E-state index contributed by atoms with van der Waals surface area (Å²) in [5.74, 6) is 1.42. The smallest absolute Gasteiger partial charge is 0.122 e. The zero-order valence-corrected chi connectivity index (χ0v) is 13.9. The summed E-state index contributed by atoms with van der Waals surface area (Å²) in [6.45, 7) is 11.2. The van der Waals surface area contributed by atoms with Gasteiger partial charge in [-0.1, -0.05) is 39.9 Å². The third-order valence-electron chi connectivity index (χ3n) is 3.32. The van der Waals surface area contributed by atoms with Gasteiger partial charge in [-0.05, 0) is 36.8 Å². The topological polar surface area (TPSA) is 42.1 Å². The Morgan fingerprint density at radius 1 is 1.15 bits per heavy atom. The van der Waals surface area contributed by atoms with Gasteiger partial charge in [-0.3, -0.25) is 4.98 Å². The van der Waals surface area contributed by atoms with Crippen molar-refractivity contribution in [1.29, 1.82) is 0 Å². The van der Waals surface area contributed by atoms with Crippen molar-refractivity contribution in [1.82, 2.24) is 4.98 Å². The number of thiocarbonyl (C=S) groups is 1. The van der Waals surface area contributed by atoms with Crippen LogP contribution >= 0.6 is 12.2 Å². The summed E-state index contributed by atoms with van der Waals surface area (Å²) in [4.78, 5) is 7.11. The molecule has 0 aliphatic rings. The molecular formula is C16H27N3S. The molecule has 0 saturated carbocycles. The van der Waals surface area contributed by atoms with Crippen molar-refractivity contribution in [2.45, 2.75) is 40.5 Å². The Morgan fingerprint density at radius 2 is 1.70 bits per heavy atom. The minimum atomic E-state index is 0.354. The van der Waals surface area contributed by atoms with Gasteiger partial charge in [-0.15, -0.1) is 0 Å². The molecule has 20 heavy (non-hydrogen) atoms. The lowest BCUT2D eigenvalue weighted by molar-refractivity contribution is 0.535. The highest BCUT2D eigenvalue weighted by Crippen LogP contribution is 2.17. The van der Waals surface area contributed by atoms with Gasteiger partial charge in [-0.2, -0.15) is 0 Å². The minimum absolute atomic E-state index is 0.354. The van der Waals surface area contributed by atoms with Crippen molar-refractivity contribution in [3.8, 4) is 0 Å². The first kappa shape index (κ1) is 16.9. The summed E-state index contributed by atoms with van der Waals surface area (Å²) in [6.07, 6.45) is 4.26. The van der Waals surface area contributed by atoms with Crippen LogP contribution < -0.4 is 10.6 Å². The van der Waals surface area contributed by atoms with E-state index in [0.717, 1.165) is 18.8 Å². The number of hydrogen-bond donors (Lipinski definition) is 1. The summed E-state index contributed by atoms with van der Waals surface area (Å²) in [7, 11) is 0. The van der Waals surface area contributed by atoms with Crippen molar-refractivity contribution >= 4 is 22.9 Å². The van der Waals surface area contributed by atoms with Gasteiger partial charge < -0.3 is 10.6 Å². The average Bonchev–Trinajstić information content (AvgIpc) is 2.38. The largest absolute Gasteiger partial charge is 0.388 e. The molecule has 2 N–H and O–H groups in total. The second kappa shape index (κ2) is 8.20. The monoisotopic (exact) mass is 293 g/mol. The number of hydrogen-bond acceptors (Lipinski definition) is 3. The van der Waals surface area contributed by atoms with E-state index in [9.17, 15) is 0 Å². The lowest BCUT2D eigenvalue weighted by atomic mass is 10.1. The lowest BCUT2D eigenvalue weighted by Crippen LogP contribution is -2.27. The molecule has 0 bridgehead atoms. The maximum absolute atomic E-state index is 5.59. The Bertz CT molecular complexity index is 400. The van der Waals surface area contributed by atoms with Crippen molar-refractivity contribution in [2.75, 3.05) is 18.0 Å². The molecule has 1 heterocycles. The fraction of sp³-hybridized carbons (Fsp3) is 0.625. The van der Waals surface area contributed by atoms with E-state index >= 15 is 0 Å². The molecule has 1 aromatic heterocycles. The quantitative estimate of drug-likeness (QED) is 0.743. The number of rotatable bonds is 8. The standard InChI is InChI=1S/C16H27N3S/c1-12(2)7-9-19(10-8-13(3)4)14-5-6-15(16(17)20)18-11-14/h5-6,11-13H,7-10H2,1-4H3,(H2,17,20). The van der Waals surface area contributed by atoms with Gasteiger partial charge in [-0.25, -0.2) is 0 Å². The molecule has 0 amide bonds. The molecule has 0 aliphatic heterocycles. The maximum atomic E-state index is 5.59. The highest BCUT2D eigenvalue weighted by atomic mass is 32.1. The van der Waals surface area contributed by atoms with Crippen molar-refractivity contribution in [2.24, 2.45) is 17.6 Å². The first-order valence-corrected chi connectivity index (χ1v) is 7.81. The number of nitrogens with zero attached hydrogens (tertiary/aromatic N) is 2. The fourth-order valence-corrected chi connectivity index (χ4v) is 2.04. The Hall–Kier alpha value is -1.16. The Labute approximate surface area is 128 Å². The van der Waals surface area contributed by atoms with Crippen LogP contribution in [0.25, 0.3) is 0 Å². The van der Waals surface area contributed by atoms with E-state index < -0.39 is 0 Å². The predicted octanol–water partition coefficient (Wildman–Crippen LogP) is 3.61. The summed E-state index contributed by atoms with van der Waals surface area (Å²) < 4.78 is 0. The summed E-state index contributed by atoms with van der Waals surface area (Å²) in [5.41, 5.74) is 7.44. The molecule has 0 fully saturated rings. The van der Waals surface area contributed by atoms with Gasteiger partial charge in [0.1, 0.15) is 4.99 Å². The molecule has 0 unspecified atom stereocenters. The van der Waals surface area contributed by atoms with E-state index in [4.69, 9.17) is 18.0 Å². The summed E-state index contributed by atoms with van der Waals surface area (Å²) >= 11 is 4.94. The number of nitrogens with two attached hydrogens (primary N) is 1. The van der Waals surface area contributed by atoms with Gasteiger partial charge in [0, 0.05) is 13.1 Å². The molecule has 0 radical (unpaired) electrons. The highest BCUT2D eigenvalue weighted by Gasteiger charge is 2.09. The van der Waals surface area contributed by atoms with Gasteiger partial charge in [0.05, 0.1) is 17.6 Å². The molecule has 3 nitrogen and oxygen atoms in total. The molecule has 0 atom stereocenters. The van der Waals surface area contributed by atoms with Crippen LogP contribution in [-0.2, 0) is 0 Å². The predicted molar refractivity (Wildman–Crippen MR) is 91.2 cm³/mol. The number of pyridine rings is 1. The van der Waals surface area contributed by atoms with Crippen molar-refractivity contribution in [3.63, 3.8) is 0 Å². The van der Waals surface area contributed by atoms with Crippen molar-refractivity contribution in [3.05, 3.63) is 24.0 Å². The molecule has 0 aromatic carbocycles. The van der Waals surface area contributed by atoms with Crippen LogP contribution in [0.5, 0.6) is 0 Å². The molecule has 0 saturated heterocycles. The lowest BCUT2D eigenvalue weighted by Gasteiger charge is -2.26. The Kier molecular flexibility index (Phi) is 6.93. The van der Waals surface area contributed by atoms with E-state index in [1.165, 1.54) is 12.8 Å². The van der Waals surface area contributed by atoms with Gasteiger partial charge >= 0.3 is 0 Å². The second-order valence-electron chi connectivity index (χ2n) is 6.12.